The molecule has 1 N–H and O–H groups in total. The van der Waals surface area contributed by atoms with Gasteiger partial charge in [-0.3, -0.25) is 9.78 Å². The largest absolute Gasteiger partial charge is 0.417 e. The third-order valence-corrected chi connectivity index (χ3v) is 4.54. The molecule has 29 heavy (non-hydrogen) atoms. The summed E-state index contributed by atoms with van der Waals surface area (Å²) in [6, 6.07) is 15.7. The number of halogens is 3. The van der Waals surface area contributed by atoms with E-state index in [1.54, 1.807) is 0 Å². The third-order valence-electron chi connectivity index (χ3n) is 4.54. The van der Waals surface area contributed by atoms with Crippen LogP contribution in [0.4, 0.5) is 18.9 Å². The second-order valence-corrected chi connectivity index (χ2v) is 7.76. The zero-order valence-corrected chi connectivity index (χ0v) is 16.3. The SMILES string of the molecule is CC(C)(C)c1ccc(NC(=O)c2ccc(-c3ccccc3C(F)(F)F)nc2)cc1. The first-order valence-corrected chi connectivity index (χ1v) is 9.10. The van der Waals surface area contributed by atoms with E-state index >= 15 is 0 Å². The lowest BCUT2D eigenvalue weighted by atomic mass is 9.87. The molecule has 0 aliphatic heterocycles. The predicted octanol–water partition coefficient (Wildman–Crippen LogP) is 6.32. The molecular weight excluding hydrogens is 377 g/mol. The number of pyridine rings is 1. The maximum atomic E-state index is 13.2. The van der Waals surface area contributed by atoms with Gasteiger partial charge in [-0.2, -0.15) is 13.2 Å². The molecule has 6 heteroatoms. The molecule has 0 aliphatic carbocycles. The van der Waals surface area contributed by atoms with E-state index in [-0.39, 0.29) is 28.1 Å². The average Bonchev–Trinajstić information content (AvgIpc) is 2.67. The minimum atomic E-state index is -4.48. The zero-order chi connectivity index (χ0) is 21.2. The number of nitrogens with one attached hydrogen (secondary N) is 1. The van der Waals surface area contributed by atoms with E-state index in [0.29, 0.717) is 5.69 Å². The first kappa shape index (κ1) is 20.6. The standard InChI is InChI=1S/C23H21F3N2O/c1-22(2,3)16-9-11-17(12-10-16)28-21(29)15-8-13-20(27-14-15)18-6-4-5-7-19(18)23(24,25)26/h4-14H,1-3H3,(H,28,29). The van der Waals surface area contributed by atoms with Gasteiger partial charge >= 0.3 is 6.18 Å². The topological polar surface area (TPSA) is 42.0 Å². The van der Waals surface area contributed by atoms with Gasteiger partial charge in [0.1, 0.15) is 0 Å². The number of nitrogens with zero attached hydrogens (tertiary/aromatic N) is 1. The number of aromatic nitrogens is 1. The highest BCUT2D eigenvalue weighted by Crippen LogP contribution is 2.36. The van der Waals surface area contributed by atoms with Crippen LogP contribution in [0.25, 0.3) is 11.3 Å². The van der Waals surface area contributed by atoms with E-state index in [1.807, 2.05) is 24.3 Å². The van der Waals surface area contributed by atoms with E-state index < -0.39 is 11.7 Å². The Labute approximate surface area is 167 Å². The lowest BCUT2D eigenvalue weighted by Crippen LogP contribution is -2.14. The van der Waals surface area contributed by atoms with Crippen LogP contribution < -0.4 is 5.32 Å². The summed E-state index contributed by atoms with van der Waals surface area (Å²) in [7, 11) is 0. The van der Waals surface area contributed by atoms with Crippen molar-refractivity contribution in [1.82, 2.24) is 4.98 Å². The Kier molecular flexibility index (Phi) is 5.46. The maximum absolute atomic E-state index is 13.2. The number of amides is 1. The summed E-state index contributed by atoms with van der Waals surface area (Å²) in [5.74, 6) is -0.378. The number of hydrogen-bond donors (Lipinski definition) is 1. The first-order chi connectivity index (χ1) is 13.6. The minimum Gasteiger partial charge on any atom is -0.322 e. The van der Waals surface area contributed by atoms with Crippen LogP contribution in [0.2, 0.25) is 0 Å². The van der Waals surface area contributed by atoms with E-state index in [4.69, 9.17) is 0 Å². The molecule has 0 aliphatic rings. The Morgan fingerprint density at radius 1 is 0.897 bits per heavy atom. The Hall–Kier alpha value is -3.15. The van der Waals surface area contributed by atoms with Gasteiger partial charge in [0.2, 0.25) is 0 Å². The smallest absolute Gasteiger partial charge is 0.322 e. The lowest BCUT2D eigenvalue weighted by molar-refractivity contribution is -0.137. The Bertz CT molecular complexity index is 1000. The summed E-state index contributed by atoms with van der Waals surface area (Å²) in [5, 5.41) is 2.77. The number of rotatable bonds is 3. The van der Waals surface area contributed by atoms with Gasteiger partial charge in [0.15, 0.2) is 0 Å². The molecule has 0 unspecified atom stereocenters. The van der Waals surface area contributed by atoms with Gasteiger partial charge in [-0.05, 0) is 41.3 Å². The highest BCUT2D eigenvalue weighted by molar-refractivity contribution is 6.04. The van der Waals surface area contributed by atoms with Gasteiger partial charge in [-0.15, -0.1) is 0 Å². The maximum Gasteiger partial charge on any atom is 0.417 e. The molecule has 1 aromatic heterocycles. The van der Waals surface area contributed by atoms with Gasteiger partial charge < -0.3 is 5.32 Å². The van der Waals surface area contributed by atoms with Crippen LogP contribution in [0, 0.1) is 0 Å². The summed E-state index contributed by atoms with van der Waals surface area (Å²) in [6.07, 6.45) is -3.20. The third kappa shape index (κ3) is 4.83. The Morgan fingerprint density at radius 2 is 1.55 bits per heavy atom. The molecule has 3 aromatic rings. The van der Waals surface area contributed by atoms with E-state index in [9.17, 15) is 18.0 Å². The van der Waals surface area contributed by atoms with Crippen LogP contribution in [-0.4, -0.2) is 10.9 Å². The second-order valence-electron chi connectivity index (χ2n) is 7.76. The van der Waals surface area contributed by atoms with E-state index in [1.165, 1.54) is 36.5 Å². The molecule has 2 aromatic carbocycles. The second kappa shape index (κ2) is 7.70. The van der Waals surface area contributed by atoms with Gasteiger partial charge in [0.05, 0.1) is 16.8 Å². The fourth-order valence-electron chi connectivity index (χ4n) is 2.90. The van der Waals surface area contributed by atoms with Crippen molar-refractivity contribution < 1.29 is 18.0 Å². The van der Waals surface area contributed by atoms with Crippen molar-refractivity contribution in [2.75, 3.05) is 5.32 Å². The van der Waals surface area contributed by atoms with E-state index in [2.05, 4.69) is 31.1 Å². The molecule has 0 spiro atoms. The molecule has 0 radical (unpaired) electrons. The van der Waals surface area contributed by atoms with Crippen LogP contribution in [0.3, 0.4) is 0 Å². The fraction of sp³-hybridized carbons (Fsp3) is 0.217. The van der Waals surface area contributed by atoms with Crippen LogP contribution in [-0.2, 0) is 11.6 Å². The molecule has 0 bridgehead atoms. The quantitative estimate of drug-likeness (QED) is 0.561. The molecule has 0 fully saturated rings. The summed E-state index contributed by atoms with van der Waals surface area (Å²) in [6.45, 7) is 6.31. The van der Waals surface area contributed by atoms with Crippen molar-refractivity contribution in [1.29, 1.82) is 0 Å². The van der Waals surface area contributed by atoms with Crippen LogP contribution >= 0.6 is 0 Å². The first-order valence-electron chi connectivity index (χ1n) is 9.10. The molecule has 0 saturated heterocycles. The van der Waals surface area contributed by atoms with Gasteiger partial charge in [-0.25, -0.2) is 0 Å². The summed E-state index contributed by atoms with van der Waals surface area (Å²) < 4.78 is 39.6. The molecule has 3 nitrogen and oxygen atoms in total. The van der Waals surface area contributed by atoms with Crippen molar-refractivity contribution in [3.05, 3.63) is 83.6 Å². The highest BCUT2D eigenvalue weighted by Gasteiger charge is 2.33. The lowest BCUT2D eigenvalue weighted by Gasteiger charge is -2.19. The van der Waals surface area contributed by atoms with E-state index in [0.717, 1.165) is 11.6 Å². The number of hydrogen-bond acceptors (Lipinski definition) is 2. The van der Waals surface area contributed by atoms with Crippen LogP contribution in [0.5, 0.6) is 0 Å². The number of carbonyl (C=O) groups excluding carboxylic acids is 1. The summed E-state index contributed by atoms with van der Waals surface area (Å²) in [5.41, 5.74) is 1.42. The van der Waals surface area contributed by atoms with Crippen molar-refractivity contribution in [2.24, 2.45) is 0 Å². The average molecular weight is 398 g/mol. The Morgan fingerprint density at radius 3 is 2.10 bits per heavy atom. The molecular formula is C23H21F3N2O. The fourth-order valence-corrected chi connectivity index (χ4v) is 2.90. The van der Waals surface area contributed by atoms with Crippen molar-refractivity contribution in [3.8, 4) is 11.3 Å². The molecule has 0 saturated carbocycles. The molecule has 150 valence electrons. The number of benzene rings is 2. The Balaban J connectivity index is 1.78. The summed E-state index contributed by atoms with van der Waals surface area (Å²) in [4.78, 5) is 16.5. The molecule has 1 heterocycles. The number of anilines is 1. The van der Waals surface area contributed by atoms with Crippen molar-refractivity contribution >= 4 is 11.6 Å². The summed E-state index contributed by atoms with van der Waals surface area (Å²) >= 11 is 0. The van der Waals surface area contributed by atoms with Crippen molar-refractivity contribution in [3.63, 3.8) is 0 Å². The number of alkyl halides is 3. The van der Waals surface area contributed by atoms with Gasteiger partial charge in [0, 0.05) is 17.4 Å². The minimum absolute atomic E-state index is 0.00892. The number of carbonyl (C=O) groups is 1. The highest BCUT2D eigenvalue weighted by atomic mass is 19.4. The normalized spacial score (nSPS) is 11.9. The predicted molar refractivity (Wildman–Crippen MR) is 108 cm³/mol. The molecule has 3 rings (SSSR count). The zero-order valence-electron chi connectivity index (χ0n) is 16.3. The monoisotopic (exact) mass is 398 g/mol. The molecule has 1 amide bonds. The molecule has 0 atom stereocenters. The van der Waals surface area contributed by atoms with Crippen LogP contribution in [0.1, 0.15) is 42.3 Å². The van der Waals surface area contributed by atoms with Crippen LogP contribution in [0.15, 0.2) is 66.9 Å². The van der Waals surface area contributed by atoms with Gasteiger partial charge in [-0.1, -0.05) is 51.1 Å². The van der Waals surface area contributed by atoms with Gasteiger partial charge in [0.25, 0.3) is 5.91 Å². The van der Waals surface area contributed by atoms with Crippen molar-refractivity contribution in [2.45, 2.75) is 32.4 Å².